The molecule has 1 atom stereocenters. The quantitative estimate of drug-likeness (QED) is 0.413. The van der Waals surface area contributed by atoms with E-state index in [1.165, 1.54) is 0 Å². The van der Waals surface area contributed by atoms with Crippen LogP contribution in [0.1, 0.15) is 17.0 Å². The Balaban J connectivity index is 1.54. The molecule has 7 heteroatoms. The minimum absolute atomic E-state index is 0.0617. The van der Waals surface area contributed by atoms with Crippen molar-refractivity contribution in [3.05, 3.63) is 84.3 Å². The Kier molecular flexibility index (Phi) is 6.03. The van der Waals surface area contributed by atoms with Gasteiger partial charge >= 0.3 is 6.03 Å². The second-order valence-electron chi connectivity index (χ2n) is 7.03. The first-order valence-electron chi connectivity index (χ1n) is 9.92. The van der Waals surface area contributed by atoms with Crippen molar-refractivity contribution < 1.29 is 14.3 Å². The Morgan fingerprint density at radius 1 is 1.10 bits per heavy atom. The maximum absolute atomic E-state index is 12.7. The van der Waals surface area contributed by atoms with Gasteiger partial charge in [0.1, 0.15) is 11.5 Å². The molecule has 2 amide bonds. The highest BCUT2D eigenvalue weighted by Gasteiger charge is 2.19. The van der Waals surface area contributed by atoms with E-state index in [2.05, 4.69) is 26.7 Å². The number of aromatic nitrogens is 2. The monoisotopic (exact) mass is 416 g/mol. The fourth-order valence-electron chi connectivity index (χ4n) is 3.63. The Morgan fingerprint density at radius 3 is 2.74 bits per heavy atom. The number of H-pyrrole nitrogens is 1. The van der Waals surface area contributed by atoms with E-state index in [0.29, 0.717) is 23.7 Å². The number of para-hydroxylation sites is 1. The number of aromatic amines is 1. The summed E-state index contributed by atoms with van der Waals surface area (Å²) in [6, 6.07) is 17.0. The number of rotatable bonds is 7. The number of ether oxygens (including phenoxy) is 2. The highest BCUT2D eigenvalue weighted by Crippen LogP contribution is 2.31. The van der Waals surface area contributed by atoms with Gasteiger partial charge in [0, 0.05) is 48.0 Å². The van der Waals surface area contributed by atoms with E-state index in [4.69, 9.17) is 9.47 Å². The van der Waals surface area contributed by atoms with Crippen LogP contribution in [0.15, 0.2) is 73.2 Å². The SMILES string of the molecule is COc1ccc(NC(=O)NCC(c2cccnc2)c2c[nH]c3ccccc23)c(OC)c1. The normalized spacial score (nSPS) is 11.7. The molecule has 0 saturated heterocycles. The fraction of sp³-hybridized carbons (Fsp3) is 0.167. The number of methoxy groups -OCH3 is 2. The number of anilines is 1. The first kappa shape index (κ1) is 20.3. The Hall–Kier alpha value is -4.00. The molecule has 0 aliphatic heterocycles. The molecule has 0 fully saturated rings. The lowest BCUT2D eigenvalue weighted by Crippen LogP contribution is -2.32. The van der Waals surface area contributed by atoms with E-state index in [1.807, 2.05) is 42.7 Å². The zero-order chi connectivity index (χ0) is 21.6. The smallest absolute Gasteiger partial charge is 0.319 e. The maximum atomic E-state index is 12.7. The van der Waals surface area contributed by atoms with Gasteiger partial charge in [-0.25, -0.2) is 4.79 Å². The minimum atomic E-state index is -0.322. The highest BCUT2D eigenvalue weighted by atomic mass is 16.5. The number of fused-ring (bicyclic) bond motifs is 1. The first-order valence-corrected chi connectivity index (χ1v) is 9.92. The van der Waals surface area contributed by atoms with Gasteiger partial charge in [0.15, 0.2) is 0 Å². The molecular formula is C24H24N4O3. The molecule has 0 aliphatic carbocycles. The summed E-state index contributed by atoms with van der Waals surface area (Å²) < 4.78 is 10.6. The van der Waals surface area contributed by atoms with E-state index < -0.39 is 0 Å². The van der Waals surface area contributed by atoms with Gasteiger partial charge in [-0.15, -0.1) is 0 Å². The third kappa shape index (κ3) is 4.45. The largest absolute Gasteiger partial charge is 0.497 e. The standard InChI is InChI=1S/C24H24N4O3/c1-30-17-9-10-22(23(12-17)31-2)28-24(29)27-14-19(16-6-5-11-25-13-16)20-15-26-21-8-4-3-7-18(20)21/h3-13,15,19,26H,14H2,1-2H3,(H2,27,28,29). The van der Waals surface area contributed by atoms with E-state index >= 15 is 0 Å². The van der Waals surface area contributed by atoms with Crippen molar-refractivity contribution in [3.8, 4) is 11.5 Å². The predicted octanol–water partition coefficient (Wildman–Crippen LogP) is 4.53. The number of urea groups is 1. The molecule has 0 saturated carbocycles. The Bertz CT molecular complexity index is 1170. The zero-order valence-electron chi connectivity index (χ0n) is 17.4. The summed E-state index contributed by atoms with van der Waals surface area (Å²) in [5.41, 5.74) is 3.74. The van der Waals surface area contributed by atoms with Crippen LogP contribution in [-0.4, -0.2) is 36.8 Å². The van der Waals surface area contributed by atoms with Crippen molar-refractivity contribution in [2.24, 2.45) is 0 Å². The van der Waals surface area contributed by atoms with Gasteiger partial charge in [-0.05, 0) is 35.4 Å². The van der Waals surface area contributed by atoms with Gasteiger partial charge in [0.25, 0.3) is 0 Å². The van der Waals surface area contributed by atoms with Crippen molar-refractivity contribution in [3.63, 3.8) is 0 Å². The van der Waals surface area contributed by atoms with Crippen molar-refractivity contribution in [2.45, 2.75) is 5.92 Å². The van der Waals surface area contributed by atoms with Gasteiger partial charge < -0.3 is 25.1 Å². The summed E-state index contributed by atoms with van der Waals surface area (Å²) in [4.78, 5) is 20.2. The number of nitrogens with one attached hydrogen (secondary N) is 3. The summed E-state index contributed by atoms with van der Waals surface area (Å²) >= 11 is 0. The number of benzene rings is 2. The Labute approximate surface area is 180 Å². The van der Waals surface area contributed by atoms with Crippen LogP contribution >= 0.6 is 0 Å². The van der Waals surface area contributed by atoms with Crippen molar-refractivity contribution in [1.29, 1.82) is 0 Å². The summed E-state index contributed by atoms with van der Waals surface area (Å²) in [6.07, 6.45) is 5.57. The van der Waals surface area contributed by atoms with Crippen LogP contribution in [0.5, 0.6) is 11.5 Å². The van der Waals surface area contributed by atoms with Crippen LogP contribution in [0.2, 0.25) is 0 Å². The van der Waals surface area contributed by atoms with Crippen LogP contribution in [0, 0.1) is 0 Å². The van der Waals surface area contributed by atoms with Crippen LogP contribution in [0.4, 0.5) is 10.5 Å². The molecule has 3 N–H and O–H groups in total. The predicted molar refractivity (Wildman–Crippen MR) is 121 cm³/mol. The molecule has 1 unspecified atom stereocenters. The van der Waals surface area contributed by atoms with Crippen molar-refractivity contribution in [1.82, 2.24) is 15.3 Å². The molecule has 0 radical (unpaired) electrons. The molecule has 7 nitrogen and oxygen atoms in total. The molecule has 158 valence electrons. The molecule has 2 aromatic heterocycles. The van der Waals surface area contributed by atoms with Crippen LogP contribution in [-0.2, 0) is 0 Å². The number of carbonyl (C=O) groups is 1. The number of pyridine rings is 1. The van der Waals surface area contributed by atoms with E-state index in [1.54, 1.807) is 38.6 Å². The molecular weight excluding hydrogens is 392 g/mol. The topological polar surface area (TPSA) is 88.3 Å². The maximum Gasteiger partial charge on any atom is 0.319 e. The van der Waals surface area contributed by atoms with Crippen LogP contribution < -0.4 is 20.1 Å². The van der Waals surface area contributed by atoms with Gasteiger partial charge in [-0.2, -0.15) is 0 Å². The second-order valence-corrected chi connectivity index (χ2v) is 7.03. The number of amides is 2. The third-order valence-electron chi connectivity index (χ3n) is 5.21. The van der Waals surface area contributed by atoms with Gasteiger partial charge in [-0.3, -0.25) is 4.98 Å². The molecule has 4 rings (SSSR count). The number of nitrogens with zero attached hydrogens (tertiary/aromatic N) is 1. The third-order valence-corrected chi connectivity index (χ3v) is 5.21. The molecule has 0 bridgehead atoms. The van der Waals surface area contributed by atoms with E-state index in [-0.39, 0.29) is 11.9 Å². The van der Waals surface area contributed by atoms with Crippen molar-refractivity contribution >= 4 is 22.6 Å². The minimum Gasteiger partial charge on any atom is -0.497 e. The number of hydrogen-bond acceptors (Lipinski definition) is 4. The lowest BCUT2D eigenvalue weighted by atomic mass is 9.92. The molecule has 2 aromatic carbocycles. The van der Waals surface area contributed by atoms with E-state index in [0.717, 1.165) is 22.0 Å². The Morgan fingerprint density at radius 2 is 1.97 bits per heavy atom. The molecule has 0 aliphatic rings. The lowest BCUT2D eigenvalue weighted by molar-refractivity contribution is 0.251. The molecule has 2 heterocycles. The van der Waals surface area contributed by atoms with Gasteiger partial charge in [0.05, 0.1) is 19.9 Å². The summed E-state index contributed by atoms with van der Waals surface area (Å²) in [7, 11) is 3.13. The summed E-state index contributed by atoms with van der Waals surface area (Å²) in [5, 5.41) is 6.95. The second kappa shape index (κ2) is 9.21. The van der Waals surface area contributed by atoms with Gasteiger partial charge in [-0.1, -0.05) is 24.3 Å². The summed E-state index contributed by atoms with van der Waals surface area (Å²) in [5.74, 6) is 1.11. The molecule has 4 aromatic rings. The lowest BCUT2D eigenvalue weighted by Gasteiger charge is -2.18. The number of hydrogen-bond donors (Lipinski definition) is 3. The molecule has 31 heavy (non-hydrogen) atoms. The molecule has 0 spiro atoms. The average Bonchev–Trinajstić information content (AvgIpc) is 3.24. The number of carbonyl (C=O) groups excluding carboxylic acids is 1. The van der Waals surface area contributed by atoms with Crippen LogP contribution in [0.3, 0.4) is 0 Å². The summed E-state index contributed by atoms with van der Waals surface area (Å²) in [6.45, 7) is 0.401. The average molecular weight is 416 g/mol. The highest BCUT2D eigenvalue weighted by molar-refractivity contribution is 5.91. The zero-order valence-corrected chi connectivity index (χ0v) is 17.4. The van der Waals surface area contributed by atoms with Gasteiger partial charge in [0.2, 0.25) is 0 Å². The van der Waals surface area contributed by atoms with Crippen LogP contribution in [0.25, 0.3) is 10.9 Å². The fourth-order valence-corrected chi connectivity index (χ4v) is 3.63. The van der Waals surface area contributed by atoms with E-state index in [9.17, 15) is 4.79 Å². The first-order chi connectivity index (χ1) is 15.2. The van der Waals surface area contributed by atoms with Crippen molar-refractivity contribution in [2.75, 3.05) is 26.1 Å².